The molecule has 3 rings (SSSR count). The number of nitrogens with zero attached hydrogens (tertiary/aromatic N) is 1. The highest BCUT2D eigenvalue weighted by atomic mass is 19.4. The first-order valence-corrected chi connectivity index (χ1v) is 7.61. The van der Waals surface area contributed by atoms with E-state index < -0.39 is 17.6 Å². The molecule has 0 bridgehead atoms. The van der Waals surface area contributed by atoms with Crippen molar-refractivity contribution in [3.63, 3.8) is 0 Å². The highest BCUT2D eigenvalue weighted by Crippen LogP contribution is 2.30. The van der Waals surface area contributed by atoms with Crippen molar-refractivity contribution < 1.29 is 27.4 Å². The lowest BCUT2D eigenvalue weighted by Gasteiger charge is -2.11. The Balaban J connectivity index is 1.65. The van der Waals surface area contributed by atoms with E-state index in [1.807, 2.05) is 0 Å². The molecule has 1 aromatic carbocycles. The monoisotopic (exact) mass is 352 g/mol. The number of anilines is 1. The van der Waals surface area contributed by atoms with Crippen LogP contribution in [0.2, 0.25) is 0 Å². The fraction of sp³-hybridized carbons (Fsp3) is 0.294. The van der Waals surface area contributed by atoms with E-state index in [0.29, 0.717) is 19.1 Å². The fourth-order valence-corrected chi connectivity index (χ4v) is 2.34. The molecule has 8 heteroatoms. The average molecular weight is 352 g/mol. The predicted octanol–water partition coefficient (Wildman–Crippen LogP) is 3.52. The second-order valence-corrected chi connectivity index (χ2v) is 5.52. The van der Waals surface area contributed by atoms with Crippen molar-refractivity contribution in [1.29, 1.82) is 0 Å². The first-order valence-electron chi connectivity index (χ1n) is 7.61. The molecule has 1 unspecified atom stereocenters. The van der Waals surface area contributed by atoms with E-state index in [1.54, 1.807) is 6.07 Å². The Morgan fingerprint density at radius 2 is 2.12 bits per heavy atom. The Labute approximate surface area is 141 Å². The van der Waals surface area contributed by atoms with E-state index in [0.717, 1.165) is 18.6 Å². The standard InChI is InChI=1S/C17H15F3N2O3/c18-17(19,20)12-2-1-3-13(8-12)22-16(23)11-4-5-15(21-9-11)25-14-6-7-24-10-14/h1-5,8-9,14H,6-7,10H2,(H,22,23). The van der Waals surface area contributed by atoms with Crippen molar-refractivity contribution in [2.24, 2.45) is 0 Å². The molecule has 5 nitrogen and oxygen atoms in total. The number of alkyl halides is 3. The van der Waals surface area contributed by atoms with E-state index in [-0.39, 0.29) is 17.4 Å². The average Bonchev–Trinajstić information content (AvgIpc) is 3.08. The normalized spacial score (nSPS) is 17.3. The van der Waals surface area contributed by atoms with E-state index >= 15 is 0 Å². The minimum Gasteiger partial charge on any atom is -0.472 e. The summed E-state index contributed by atoms with van der Waals surface area (Å²) in [4.78, 5) is 16.2. The number of carbonyl (C=O) groups is 1. The van der Waals surface area contributed by atoms with Crippen LogP contribution in [-0.4, -0.2) is 30.2 Å². The van der Waals surface area contributed by atoms with Crippen LogP contribution in [-0.2, 0) is 10.9 Å². The van der Waals surface area contributed by atoms with Crippen LogP contribution >= 0.6 is 0 Å². The summed E-state index contributed by atoms with van der Waals surface area (Å²) in [7, 11) is 0. The Morgan fingerprint density at radius 3 is 2.76 bits per heavy atom. The largest absolute Gasteiger partial charge is 0.472 e. The van der Waals surface area contributed by atoms with E-state index in [4.69, 9.17) is 9.47 Å². The number of hydrogen-bond donors (Lipinski definition) is 1. The fourth-order valence-electron chi connectivity index (χ4n) is 2.34. The van der Waals surface area contributed by atoms with Crippen molar-refractivity contribution in [3.8, 4) is 5.88 Å². The summed E-state index contributed by atoms with van der Waals surface area (Å²) in [5.74, 6) is -0.186. The highest BCUT2D eigenvalue weighted by Gasteiger charge is 2.30. The van der Waals surface area contributed by atoms with Crippen molar-refractivity contribution in [2.75, 3.05) is 18.5 Å². The van der Waals surface area contributed by atoms with Crippen LogP contribution in [0.4, 0.5) is 18.9 Å². The molecule has 0 spiro atoms. The molecular formula is C17H15F3N2O3. The summed E-state index contributed by atoms with van der Waals surface area (Å²) < 4.78 is 48.9. The molecule has 1 aromatic heterocycles. The summed E-state index contributed by atoms with van der Waals surface area (Å²) in [6, 6.07) is 7.48. The van der Waals surface area contributed by atoms with Gasteiger partial charge >= 0.3 is 6.18 Å². The molecule has 1 N–H and O–H groups in total. The molecule has 132 valence electrons. The Hall–Kier alpha value is -2.61. The van der Waals surface area contributed by atoms with Crippen LogP contribution < -0.4 is 10.1 Å². The highest BCUT2D eigenvalue weighted by molar-refractivity contribution is 6.04. The van der Waals surface area contributed by atoms with Gasteiger partial charge in [0.1, 0.15) is 6.10 Å². The van der Waals surface area contributed by atoms with Gasteiger partial charge in [-0.3, -0.25) is 4.79 Å². The van der Waals surface area contributed by atoms with Gasteiger partial charge in [-0.15, -0.1) is 0 Å². The quantitative estimate of drug-likeness (QED) is 0.915. The molecule has 25 heavy (non-hydrogen) atoms. The van der Waals surface area contributed by atoms with Gasteiger partial charge in [0.05, 0.1) is 24.3 Å². The Bertz CT molecular complexity index is 742. The maximum absolute atomic E-state index is 12.7. The molecule has 1 aliphatic heterocycles. The zero-order valence-electron chi connectivity index (χ0n) is 13.0. The molecule has 1 fully saturated rings. The first kappa shape index (κ1) is 17.2. The van der Waals surface area contributed by atoms with Crippen LogP contribution in [0.1, 0.15) is 22.3 Å². The van der Waals surface area contributed by atoms with Gasteiger partial charge in [-0.2, -0.15) is 13.2 Å². The maximum atomic E-state index is 12.7. The number of hydrogen-bond acceptors (Lipinski definition) is 4. The second-order valence-electron chi connectivity index (χ2n) is 5.52. The summed E-state index contributed by atoms with van der Waals surface area (Å²) in [6.07, 6.45) is -2.43. The van der Waals surface area contributed by atoms with Crippen molar-refractivity contribution >= 4 is 11.6 Å². The molecule has 1 saturated heterocycles. The summed E-state index contributed by atoms with van der Waals surface area (Å²) >= 11 is 0. The minimum absolute atomic E-state index is 0.0581. The number of aromatic nitrogens is 1. The van der Waals surface area contributed by atoms with E-state index in [2.05, 4.69) is 10.3 Å². The third kappa shape index (κ3) is 4.48. The van der Waals surface area contributed by atoms with Crippen molar-refractivity contribution in [1.82, 2.24) is 4.98 Å². The van der Waals surface area contributed by atoms with Gasteiger partial charge in [0.15, 0.2) is 0 Å². The number of ether oxygens (including phenoxy) is 2. The molecular weight excluding hydrogens is 337 g/mol. The molecule has 1 aliphatic rings. The third-order valence-corrected chi connectivity index (χ3v) is 3.62. The molecule has 2 aromatic rings. The molecule has 1 atom stereocenters. The summed E-state index contributed by atoms with van der Waals surface area (Å²) in [5.41, 5.74) is -0.554. The SMILES string of the molecule is O=C(Nc1cccc(C(F)(F)F)c1)c1ccc(OC2CCOC2)nc1. The molecule has 2 heterocycles. The Morgan fingerprint density at radius 1 is 1.28 bits per heavy atom. The van der Waals surface area contributed by atoms with Crippen molar-refractivity contribution in [3.05, 3.63) is 53.7 Å². The molecule has 0 saturated carbocycles. The summed E-state index contributed by atoms with van der Waals surface area (Å²) in [5, 5.41) is 2.42. The number of benzene rings is 1. The second kappa shape index (κ2) is 7.10. The number of amides is 1. The van der Waals surface area contributed by atoms with Gasteiger partial charge in [-0.1, -0.05) is 6.07 Å². The van der Waals surface area contributed by atoms with Gasteiger partial charge in [-0.25, -0.2) is 4.98 Å². The number of carbonyl (C=O) groups excluding carboxylic acids is 1. The molecule has 1 amide bonds. The van der Waals surface area contributed by atoms with Crippen LogP contribution in [0.15, 0.2) is 42.6 Å². The lowest BCUT2D eigenvalue weighted by atomic mass is 10.2. The van der Waals surface area contributed by atoms with Gasteiger partial charge in [-0.05, 0) is 24.3 Å². The van der Waals surface area contributed by atoms with Gasteiger partial charge < -0.3 is 14.8 Å². The maximum Gasteiger partial charge on any atom is 0.416 e. The first-order chi connectivity index (χ1) is 11.9. The third-order valence-electron chi connectivity index (χ3n) is 3.62. The van der Waals surface area contributed by atoms with Gasteiger partial charge in [0.2, 0.25) is 5.88 Å². The predicted molar refractivity (Wildman–Crippen MR) is 83.5 cm³/mol. The topological polar surface area (TPSA) is 60.5 Å². The van der Waals surface area contributed by atoms with Crippen LogP contribution in [0.5, 0.6) is 5.88 Å². The lowest BCUT2D eigenvalue weighted by molar-refractivity contribution is -0.137. The zero-order valence-corrected chi connectivity index (χ0v) is 13.0. The Kier molecular flexibility index (Phi) is 4.89. The number of pyridine rings is 1. The summed E-state index contributed by atoms with van der Waals surface area (Å²) in [6.45, 7) is 1.14. The van der Waals surface area contributed by atoms with Gasteiger partial charge in [0, 0.05) is 24.4 Å². The number of rotatable bonds is 4. The van der Waals surface area contributed by atoms with Crippen LogP contribution in [0.3, 0.4) is 0 Å². The van der Waals surface area contributed by atoms with Crippen LogP contribution in [0.25, 0.3) is 0 Å². The van der Waals surface area contributed by atoms with E-state index in [9.17, 15) is 18.0 Å². The van der Waals surface area contributed by atoms with Crippen molar-refractivity contribution in [2.45, 2.75) is 18.7 Å². The van der Waals surface area contributed by atoms with Gasteiger partial charge in [0.25, 0.3) is 5.91 Å². The lowest BCUT2D eigenvalue weighted by Crippen LogP contribution is -2.17. The number of halogens is 3. The minimum atomic E-state index is -4.47. The zero-order chi connectivity index (χ0) is 17.9. The van der Waals surface area contributed by atoms with Crippen LogP contribution in [0, 0.1) is 0 Å². The number of nitrogens with one attached hydrogen (secondary N) is 1. The van der Waals surface area contributed by atoms with E-state index in [1.165, 1.54) is 24.4 Å². The molecule has 0 radical (unpaired) electrons. The smallest absolute Gasteiger partial charge is 0.416 e. The molecule has 0 aliphatic carbocycles.